The number of nitrogens with zero attached hydrogens (tertiary/aromatic N) is 3. The van der Waals surface area contributed by atoms with Crippen molar-refractivity contribution in [3.8, 4) is 5.75 Å². The Balaban J connectivity index is 1.58. The van der Waals surface area contributed by atoms with Crippen molar-refractivity contribution in [2.75, 3.05) is 36.5 Å². The number of pyridine rings is 1. The first kappa shape index (κ1) is 16.8. The molecule has 7 heteroatoms. The first-order valence-corrected chi connectivity index (χ1v) is 8.16. The molecule has 0 aliphatic carbocycles. The molecular formula is C18H20N4O3. The lowest BCUT2D eigenvalue weighted by molar-refractivity contribution is -0.116. The van der Waals surface area contributed by atoms with Gasteiger partial charge in [-0.25, -0.2) is 4.79 Å². The largest absolute Gasteiger partial charge is 0.494 e. The van der Waals surface area contributed by atoms with Crippen LogP contribution in [0.2, 0.25) is 0 Å². The zero-order valence-corrected chi connectivity index (χ0v) is 14.0. The van der Waals surface area contributed by atoms with Crippen LogP contribution < -0.4 is 15.0 Å². The Morgan fingerprint density at radius 2 is 1.88 bits per heavy atom. The summed E-state index contributed by atoms with van der Waals surface area (Å²) >= 11 is 0. The van der Waals surface area contributed by atoms with Gasteiger partial charge in [-0.2, -0.15) is 0 Å². The normalized spacial score (nSPS) is 13.9. The fourth-order valence-corrected chi connectivity index (χ4v) is 2.67. The molecule has 2 heterocycles. The number of hydrogen-bond donors (Lipinski definition) is 1. The van der Waals surface area contributed by atoms with Crippen LogP contribution in [0.5, 0.6) is 5.75 Å². The number of nitrogens with one attached hydrogen (secondary N) is 1. The first-order chi connectivity index (χ1) is 12.2. The molecule has 7 nitrogen and oxygen atoms in total. The summed E-state index contributed by atoms with van der Waals surface area (Å²) in [7, 11) is 0. The highest BCUT2D eigenvalue weighted by atomic mass is 16.5. The Morgan fingerprint density at radius 3 is 2.56 bits per heavy atom. The zero-order valence-electron chi connectivity index (χ0n) is 14.0. The van der Waals surface area contributed by atoms with Crippen molar-refractivity contribution in [2.24, 2.45) is 0 Å². The molecule has 1 aromatic heterocycles. The van der Waals surface area contributed by atoms with Crippen molar-refractivity contribution >= 4 is 23.3 Å². The SMILES string of the molecule is CCOc1ccc(N2CCN(CC(=O)Nc3ccncc3)C2=O)cc1. The van der Waals surface area contributed by atoms with Gasteiger partial charge in [0, 0.05) is 36.9 Å². The standard InChI is InChI=1S/C18H20N4O3/c1-2-25-16-5-3-15(4-6-16)22-12-11-21(18(22)24)13-17(23)20-14-7-9-19-10-8-14/h3-10H,2,11-13H2,1H3,(H,19,20,23). The van der Waals surface area contributed by atoms with Gasteiger partial charge in [0.2, 0.25) is 5.91 Å². The predicted octanol–water partition coefficient (Wildman–Crippen LogP) is 2.36. The van der Waals surface area contributed by atoms with Crippen molar-refractivity contribution < 1.29 is 14.3 Å². The molecule has 0 bridgehead atoms. The number of carbonyl (C=O) groups is 2. The minimum Gasteiger partial charge on any atom is -0.494 e. The van der Waals surface area contributed by atoms with Crippen molar-refractivity contribution in [3.63, 3.8) is 0 Å². The summed E-state index contributed by atoms with van der Waals surface area (Å²) in [6.07, 6.45) is 3.20. The highest BCUT2D eigenvalue weighted by molar-refractivity contribution is 5.99. The Morgan fingerprint density at radius 1 is 1.16 bits per heavy atom. The van der Waals surface area contributed by atoms with Crippen LogP contribution >= 0.6 is 0 Å². The second-order valence-electron chi connectivity index (χ2n) is 5.57. The van der Waals surface area contributed by atoms with Crippen LogP contribution in [0.15, 0.2) is 48.8 Å². The van der Waals surface area contributed by atoms with E-state index >= 15 is 0 Å². The van der Waals surface area contributed by atoms with Gasteiger partial charge in [0.1, 0.15) is 12.3 Å². The van der Waals surface area contributed by atoms with Gasteiger partial charge in [-0.3, -0.25) is 14.7 Å². The average molecular weight is 340 g/mol. The minimum atomic E-state index is -0.229. The molecule has 3 amide bonds. The summed E-state index contributed by atoms with van der Waals surface area (Å²) in [6, 6.07) is 10.6. The molecular weight excluding hydrogens is 320 g/mol. The maximum Gasteiger partial charge on any atom is 0.325 e. The third-order valence-electron chi connectivity index (χ3n) is 3.85. The highest BCUT2D eigenvalue weighted by Gasteiger charge is 2.30. The van der Waals surface area contributed by atoms with Gasteiger partial charge in [0.15, 0.2) is 0 Å². The summed E-state index contributed by atoms with van der Waals surface area (Å²) < 4.78 is 5.41. The van der Waals surface area contributed by atoms with Crippen molar-refractivity contribution in [2.45, 2.75) is 6.92 Å². The Kier molecular flexibility index (Phi) is 5.13. The first-order valence-electron chi connectivity index (χ1n) is 8.16. The van der Waals surface area contributed by atoms with E-state index in [1.807, 2.05) is 31.2 Å². The van der Waals surface area contributed by atoms with Crippen molar-refractivity contribution in [1.82, 2.24) is 9.88 Å². The van der Waals surface area contributed by atoms with Gasteiger partial charge in [-0.1, -0.05) is 0 Å². The summed E-state index contributed by atoms with van der Waals surface area (Å²) in [5, 5.41) is 2.76. The molecule has 1 aromatic carbocycles. The quantitative estimate of drug-likeness (QED) is 0.876. The lowest BCUT2D eigenvalue weighted by atomic mass is 10.3. The van der Waals surface area contributed by atoms with E-state index < -0.39 is 0 Å². The number of carbonyl (C=O) groups excluding carboxylic acids is 2. The lowest BCUT2D eigenvalue weighted by Gasteiger charge is -2.18. The summed E-state index contributed by atoms with van der Waals surface area (Å²) in [5.74, 6) is 0.541. The van der Waals surface area contributed by atoms with E-state index in [0.717, 1.165) is 11.4 Å². The van der Waals surface area contributed by atoms with Crippen LogP contribution in [0, 0.1) is 0 Å². The second-order valence-corrected chi connectivity index (χ2v) is 5.57. The molecule has 0 spiro atoms. The fourth-order valence-electron chi connectivity index (χ4n) is 2.67. The van der Waals surface area contributed by atoms with Crippen LogP contribution in [0.3, 0.4) is 0 Å². The molecule has 2 aromatic rings. The maximum absolute atomic E-state index is 12.5. The van der Waals surface area contributed by atoms with Gasteiger partial charge < -0.3 is 15.0 Å². The zero-order chi connectivity index (χ0) is 17.6. The van der Waals surface area contributed by atoms with Gasteiger partial charge in [0.05, 0.1) is 6.61 Å². The molecule has 0 atom stereocenters. The third-order valence-corrected chi connectivity index (χ3v) is 3.85. The van der Waals surface area contributed by atoms with E-state index in [1.54, 1.807) is 29.4 Å². The highest BCUT2D eigenvalue weighted by Crippen LogP contribution is 2.23. The van der Waals surface area contributed by atoms with E-state index in [0.29, 0.717) is 25.4 Å². The molecule has 25 heavy (non-hydrogen) atoms. The van der Waals surface area contributed by atoms with E-state index in [9.17, 15) is 9.59 Å². The Bertz CT molecular complexity index is 734. The fraction of sp³-hybridized carbons (Fsp3) is 0.278. The number of hydrogen-bond acceptors (Lipinski definition) is 4. The predicted molar refractivity (Wildman–Crippen MR) is 94.8 cm³/mol. The van der Waals surface area contributed by atoms with Crippen LogP contribution in [-0.2, 0) is 4.79 Å². The van der Waals surface area contributed by atoms with Crippen LogP contribution in [0.25, 0.3) is 0 Å². The van der Waals surface area contributed by atoms with E-state index in [1.165, 1.54) is 4.90 Å². The van der Waals surface area contributed by atoms with Crippen molar-refractivity contribution in [3.05, 3.63) is 48.8 Å². The topological polar surface area (TPSA) is 74.8 Å². The number of anilines is 2. The number of amides is 3. The number of rotatable bonds is 6. The summed E-state index contributed by atoms with van der Waals surface area (Å²) in [5.41, 5.74) is 1.46. The van der Waals surface area contributed by atoms with E-state index in [-0.39, 0.29) is 18.5 Å². The molecule has 1 aliphatic heterocycles. The average Bonchev–Trinajstić information content (AvgIpc) is 2.97. The molecule has 1 aliphatic rings. The second kappa shape index (κ2) is 7.65. The summed E-state index contributed by atoms with van der Waals surface area (Å²) in [6.45, 7) is 3.61. The van der Waals surface area contributed by atoms with E-state index in [4.69, 9.17) is 4.74 Å². The van der Waals surface area contributed by atoms with Crippen LogP contribution in [-0.4, -0.2) is 48.1 Å². The minimum absolute atomic E-state index is 0.0225. The molecule has 130 valence electrons. The van der Waals surface area contributed by atoms with Gasteiger partial charge in [-0.15, -0.1) is 0 Å². The third kappa shape index (κ3) is 4.06. The van der Waals surface area contributed by atoms with Gasteiger partial charge in [-0.05, 0) is 43.3 Å². The van der Waals surface area contributed by atoms with Crippen LogP contribution in [0.1, 0.15) is 6.92 Å². The molecule has 0 saturated carbocycles. The Hall–Kier alpha value is -3.09. The monoisotopic (exact) mass is 340 g/mol. The molecule has 1 fully saturated rings. The number of urea groups is 1. The smallest absolute Gasteiger partial charge is 0.325 e. The summed E-state index contributed by atoms with van der Waals surface area (Å²) in [4.78, 5) is 31.7. The number of aromatic nitrogens is 1. The van der Waals surface area contributed by atoms with Crippen LogP contribution in [0.4, 0.5) is 16.2 Å². The number of ether oxygens (including phenoxy) is 1. The molecule has 3 rings (SSSR count). The van der Waals surface area contributed by atoms with E-state index in [2.05, 4.69) is 10.3 Å². The van der Waals surface area contributed by atoms with Gasteiger partial charge in [0.25, 0.3) is 0 Å². The maximum atomic E-state index is 12.5. The molecule has 1 saturated heterocycles. The molecule has 0 unspecified atom stereocenters. The molecule has 1 N–H and O–H groups in total. The molecule has 0 radical (unpaired) electrons. The number of benzene rings is 1. The lowest BCUT2D eigenvalue weighted by Crippen LogP contribution is -2.37. The van der Waals surface area contributed by atoms with Crippen molar-refractivity contribution in [1.29, 1.82) is 0 Å². The Labute approximate surface area is 146 Å². The van der Waals surface area contributed by atoms with Gasteiger partial charge >= 0.3 is 6.03 Å².